The molecular formula is C12H22O4S2. The lowest BCUT2D eigenvalue weighted by Crippen LogP contribution is -2.12. The first kappa shape index (κ1) is 16.1. The van der Waals surface area contributed by atoms with Crippen molar-refractivity contribution in [3.63, 3.8) is 0 Å². The highest BCUT2D eigenvalue weighted by atomic mass is 33.1. The minimum Gasteiger partial charge on any atom is -0.463 e. The number of carbonyl (C=O) groups excluding carboxylic acids is 1. The Morgan fingerprint density at radius 2 is 2.17 bits per heavy atom. The van der Waals surface area contributed by atoms with Crippen LogP contribution >= 0.6 is 21.6 Å². The zero-order chi connectivity index (χ0) is 13.1. The van der Waals surface area contributed by atoms with Crippen LogP contribution in [0, 0.1) is 0 Å². The van der Waals surface area contributed by atoms with Crippen LogP contribution < -0.4 is 0 Å². The van der Waals surface area contributed by atoms with Gasteiger partial charge in [-0.05, 0) is 19.3 Å². The summed E-state index contributed by atoms with van der Waals surface area (Å²) in [6.45, 7) is 0.955. The molecule has 0 radical (unpaired) electrons. The van der Waals surface area contributed by atoms with Gasteiger partial charge in [-0.15, -0.1) is 0 Å². The summed E-state index contributed by atoms with van der Waals surface area (Å²) in [4.78, 5) is 11.3. The molecule has 0 saturated carbocycles. The average molecular weight is 294 g/mol. The number of carbonyl (C=O) groups is 1. The van der Waals surface area contributed by atoms with Crippen molar-refractivity contribution >= 4 is 27.6 Å². The van der Waals surface area contributed by atoms with Crippen molar-refractivity contribution in [1.29, 1.82) is 0 Å². The van der Waals surface area contributed by atoms with E-state index in [4.69, 9.17) is 14.6 Å². The van der Waals surface area contributed by atoms with Gasteiger partial charge >= 0.3 is 5.97 Å². The highest BCUT2D eigenvalue weighted by molar-refractivity contribution is 8.77. The molecule has 0 bridgehead atoms. The van der Waals surface area contributed by atoms with Crippen molar-refractivity contribution in [2.24, 2.45) is 0 Å². The average Bonchev–Trinajstić information content (AvgIpc) is 2.87. The lowest BCUT2D eigenvalue weighted by atomic mass is 10.1. The number of ether oxygens (including phenoxy) is 2. The molecule has 1 aliphatic rings. The van der Waals surface area contributed by atoms with E-state index in [1.54, 1.807) is 0 Å². The number of hydrogen-bond donors (Lipinski definition) is 1. The first-order valence-electron chi connectivity index (χ1n) is 6.45. The molecule has 0 aromatic heterocycles. The summed E-state index contributed by atoms with van der Waals surface area (Å²) in [6, 6.07) is 0. The van der Waals surface area contributed by atoms with E-state index >= 15 is 0 Å². The van der Waals surface area contributed by atoms with Gasteiger partial charge in [-0.2, -0.15) is 0 Å². The monoisotopic (exact) mass is 294 g/mol. The van der Waals surface area contributed by atoms with Crippen molar-refractivity contribution in [3.8, 4) is 0 Å². The predicted molar refractivity (Wildman–Crippen MR) is 75.8 cm³/mol. The Kier molecular flexibility index (Phi) is 9.83. The van der Waals surface area contributed by atoms with Crippen LogP contribution in [0.4, 0.5) is 0 Å². The molecular weight excluding hydrogens is 272 g/mol. The molecule has 18 heavy (non-hydrogen) atoms. The molecule has 1 aliphatic heterocycles. The lowest BCUT2D eigenvalue weighted by molar-refractivity contribution is -0.145. The van der Waals surface area contributed by atoms with Gasteiger partial charge in [0.15, 0.2) is 0 Å². The van der Waals surface area contributed by atoms with Crippen LogP contribution in [0.2, 0.25) is 0 Å². The molecule has 0 aromatic carbocycles. The molecule has 6 heteroatoms. The third-order valence-corrected chi connectivity index (χ3v) is 5.62. The minimum atomic E-state index is -0.143. The summed E-state index contributed by atoms with van der Waals surface area (Å²) in [5, 5.41) is 9.26. The molecule has 0 spiro atoms. The van der Waals surface area contributed by atoms with Crippen molar-refractivity contribution in [2.45, 2.75) is 37.4 Å². The van der Waals surface area contributed by atoms with Crippen molar-refractivity contribution in [1.82, 2.24) is 0 Å². The van der Waals surface area contributed by atoms with Gasteiger partial charge in [0.1, 0.15) is 6.61 Å². The Bertz CT molecular complexity index is 220. The first-order valence-corrected chi connectivity index (χ1v) is 8.83. The lowest BCUT2D eigenvalue weighted by Gasteiger charge is -2.07. The standard InChI is InChI=1S/C12H22O4S2/c13-6-7-15-8-9-16-12(14)4-2-1-3-11-5-10-17-18-11/h11,13H,1-10H2. The maximum Gasteiger partial charge on any atom is 0.305 e. The number of hydrogen-bond acceptors (Lipinski definition) is 6. The van der Waals surface area contributed by atoms with Crippen LogP contribution in [0.25, 0.3) is 0 Å². The quantitative estimate of drug-likeness (QED) is 0.379. The zero-order valence-electron chi connectivity index (χ0n) is 10.6. The van der Waals surface area contributed by atoms with Crippen LogP contribution in [0.1, 0.15) is 32.1 Å². The fraction of sp³-hybridized carbons (Fsp3) is 0.917. The Morgan fingerprint density at radius 3 is 2.89 bits per heavy atom. The van der Waals surface area contributed by atoms with Gasteiger partial charge in [-0.25, -0.2) is 0 Å². The van der Waals surface area contributed by atoms with Crippen LogP contribution in [-0.2, 0) is 14.3 Å². The molecule has 0 amide bonds. The largest absolute Gasteiger partial charge is 0.463 e. The fourth-order valence-corrected chi connectivity index (χ4v) is 4.69. The topological polar surface area (TPSA) is 55.8 Å². The molecule has 1 heterocycles. The molecule has 1 atom stereocenters. The molecule has 4 nitrogen and oxygen atoms in total. The van der Waals surface area contributed by atoms with E-state index in [0.29, 0.717) is 19.6 Å². The van der Waals surface area contributed by atoms with Gasteiger partial charge < -0.3 is 14.6 Å². The van der Waals surface area contributed by atoms with Gasteiger partial charge in [-0.1, -0.05) is 28.0 Å². The number of rotatable bonds is 10. The molecule has 1 saturated heterocycles. The normalized spacial score (nSPS) is 19.1. The van der Waals surface area contributed by atoms with E-state index in [1.165, 1.54) is 18.6 Å². The Balaban J connectivity index is 1.84. The first-order chi connectivity index (χ1) is 8.83. The molecule has 1 rings (SSSR count). The maximum atomic E-state index is 11.3. The van der Waals surface area contributed by atoms with E-state index in [9.17, 15) is 4.79 Å². The van der Waals surface area contributed by atoms with Gasteiger partial charge in [0, 0.05) is 17.4 Å². The van der Waals surface area contributed by atoms with Gasteiger partial charge in [0.2, 0.25) is 0 Å². The van der Waals surface area contributed by atoms with E-state index in [0.717, 1.165) is 18.1 Å². The Hall–Kier alpha value is 0.0900. The third kappa shape index (κ3) is 8.24. The highest BCUT2D eigenvalue weighted by Crippen LogP contribution is 2.39. The molecule has 1 unspecified atom stereocenters. The predicted octanol–water partition coefficient (Wildman–Crippen LogP) is 2.25. The maximum absolute atomic E-state index is 11.3. The summed E-state index contributed by atoms with van der Waals surface area (Å²) >= 11 is 0. The van der Waals surface area contributed by atoms with Crippen molar-refractivity contribution in [2.75, 3.05) is 32.2 Å². The summed E-state index contributed by atoms with van der Waals surface area (Å²) in [6.07, 6.45) is 5.05. The highest BCUT2D eigenvalue weighted by Gasteiger charge is 2.15. The van der Waals surface area contributed by atoms with E-state index < -0.39 is 0 Å². The molecule has 106 valence electrons. The van der Waals surface area contributed by atoms with Gasteiger partial charge in [-0.3, -0.25) is 4.79 Å². The second-order valence-corrected chi connectivity index (χ2v) is 6.92. The van der Waals surface area contributed by atoms with E-state index in [-0.39, 0.29) is 19.2 Å². The van der Waals surface area contributed by atoms with E-state index in [1.807, 2.05) is 21.6 Å². The second kappa shape index (κ2) is 11.0. The van der Waals surface area contributed by atoms with Crippen molar-refractivity contribution in [3.05, 3.63) is 0 Å². The molecule has 0 aliphatic carbocycles. The number of aliphatic hydroxyl groups is 1. The van der Waals surface area contributed by atoms with Crippen molar-refractivity contribution < 1.29 is 19.4 Å². The third-order valence-electron chi connectivity index (χ3n) is 2.61. The fourth-order valence-electron chi connectivity index (χ4n) is 1.66. The number of esters is 1. The van der Waals surface area contributed by atoms with Gasteiger partial charge in [0.05, 0.1) is 19.8 Å². The Morgan fingerprint density at radius 1 is 1.28 bits per heavy atom. The second-order valence-electron chi connectivity index (χ2n) is 4.13. The van der Waals surface area contributed by atoms with Crippen LogP contribution in [0.3, 0.4) is 0 Å². The smallest absolute Gasteiger partial charge is 0.305 e. The molecule has 1 fully saturated rings. The van der Waals surface area contributed by atoms with Crippen LogP contribution in [0.15, 0.2) is 0 Å². The summed E-state index contributed by atoms with van der Waals surface area (Å²) in [7, 11) is 3.94. The van der Waals surface area contributed by atoms with Gasteiger partial charge in [0.25, 0.3) is 0 Å². The summed E-state index contributed by atoms with van der Waals surface area (Å²) in [5.74, 6) is 1.13. The summed E-state index contributed by atoms with van der Waals surface area (Å²) in [5.41, 5.74) is 0. The van der Waals surface area contributed by atoms with Crippen LogP contribution in [-0.4, -0.2) is 48.5 Å². The SMILES string of the molecule is O=C(CCCCC1CCSS1)OCCOCCO. The Labute approximate surface area is 117 Å². The number of aliphatic hydroxyl groups excluding tert-OH is 1. The summed E-state index contributed by atoms with van der Waals surface area (Å²) < 4.78 is 10.00. The zero-order valence-corrected chi connectivity index (χ0v) is 12.3. The minimum absolute atomic E-state index is 0.00537. The molecule has 0 aromatic rings. The molecule has 1 N–H and O–H groups in total. The van der Waals surface area contributed by atoms with E-state index in [2.05, 4.69) is 0 Å². The van der Waals surface area contributed by atoms with Crippen LogP contribution in [0.5, 0.6) is 0 Å². The number of unbranched alkanes of at least 4 members (excludes halogenated alkanes) is 1.